The molecule has 0 aromatic carbocycles. The number of hydrogen-bond donors (Lipinski definition) is 1. The molecule has 0 saturated carbocycles. The monoisotopic (exact) mass is 233 g/mol. The second-order valence-electron chi connectivity index (χ2n) is 5.11. The average Bonchev–Trinajstić information content (AvgIpc) is 2.33. The zero-order valence-corrected chi connectivity index (χ0v) is 10.9. The van der Waals surface area contributed by atoms with Crippen molar-refractivity contribution in [2.24, 2.45) is 5.92 Å². The topological polar surface area (TPSA) is 28.2 Å². The van der Waals surface area contributed by atoms with E-state index < -0.39 is 0 Å². The molecule has 0 radical (unpaired) electrons. The van der Waals surface area contributed by atoms with Crippen LogP contribution < -0.4 is 5.32 Å². The van der Waals surface area contributed by atoms with E-state index in [1.165, 1.54) is 31.5 Å². The summed E-state index contributed by atoms with van der Waals surface area (Å²) < 4.78 is 0. The lowest BCUT2D eigenvalue weighted by Gasteiger charge is -2.32. The maximum Gasteiger partial charge on any atom is 0.0372 e. The summed E-state index contributed by atoms with van der Waals surface area (Å²) in [6, 6.07) is 4.30. The molecule has 1 aliphatic rings. The van der Waals surface area contributed by atoms with Gasteiger partial charge in [-0.25, -0.2) is 0 Å². The number of piperidine rings is 1. The lowest BCUT2D eigenvalue weighted by atomic mass is 9.98. The zero-order valence-electron chi connectivity index (χ0n) is 10.9. The van der Waals surface area contributed by atoms with E-state index in [9.17, 15) is 0 Å². The number of likely N-dealkylation sites (tertiary alicyclic amines) is 1. The largest absolute Gasteiger partial charge is 0.319 e. The molecule has 1 atom stereocenters. The predicted octanol–water partition coefficient (Wildman–Crippen LogP) is 1.82. The number of hydrogen-bond acceptors (Lipinski definition) is 3. The van der Waals surface area contributed by atoms with E-state index in [1.807, 2.05) is 20.2 Å². The molecule has 0 amide bonds. The highest BCUT2D eigenvalue weighted by Crippen LogP contribution is 2.17. The van der Waals surface area contributed by atoms with E-state index in [2.05, 4.69) is 27.3 Å². The summed E-state index contributed by atoms with van der Waals surface area (Å²) in [5, 5.41) is 3.29. The van der Waals surface area contributed by atoms with Crippen molar-refractivity contribution in [1.82, 2.24) is 15.2 Å². The van der Waals surface area contributed by atoms with Gasteiger partial charge >= 0.3 is 0 Å². The van der Waals surface area contributed by atoms with Crippen LogP contribution in [0.4, 0.5) is 0 Å². The van der Waals surface area contributed by atoms with Gasteiger partial charge in [0.05, 0.1) is 0 Å². The summed E-state index contributed by atoms with van der Waals surface area (Å²) in [5.74, 6) is 0.812. The van der Waals surface area contributed by atoms with Gasteiger partial charge in [-0.2, -0.15) is 0 Å². The molecule has 3 nitrogen and oxygen atoms in total. The molecule has 17 heavy (non-hydrogen) atoms. The molecule has 1 fully saturated rings. The molecule has 1 unspecified atom stereocenters. The Balaban J connectivity index is 1.87. The minimum Gasteiger partial charge on any atom is -0.319 e. The number of rotatable bonds is 4. The van der Waals surface area contributed by atoms with Crippen LogP contribution in [0.15, 0.2) is 18.3 Å². The van der Waals surface area contributed by atoms with Gasteiger partial charge in [0.1, 0.15) is 0 Å². The smallest absolute Gasteiger partial charge is 0.0372 e. The van der Waals surface area contributed by atoms with E-state index in [0.717, 1.165) is 24.7 Å². The van der Waals surface area contributed by atoms with Gasteiger partial charge in [0.15, 0.2) is 0 Å². The maximum absolute atomic E-state index is 4.36. The minimum absolute atomic E-state index is 0.812. The molecule has 1 aromatic rings. The van der Waals surface area contributed by atoms with Crippen LogP contribution in [0.25, 0.3) is 0 Å². The van der Waals surface area contributed by atoms with Gasteiger partial charge in [0.2, 0.25) is 0 Å². The Kier molecular flexibility index (Phi) is 4.51. The third kappa shape index (κ3) is 3.79. The van der Waals surface area contributed by atoms with Gasteiger partial charge in [-0.05, 0) is 57.5 Å². The standard InChI is InChI=1S/C14H23N3/c1-12-5-6-14(9-16-12)11-17-7-3-4-13(10-17)8-15-2/h5-6,9,13,15H,3-4,7-8,10-11H2,1-2H3. The van der Waals surface area contributed by atoms with Gasteiger partial charge in [-0.3, -0.25) is 9.88 Å². The highest BCUT2D eigenvalue weighted by molar-refractivity contribution is 5.13. The maximum atomic E-state index is 4.36. The fourth-order valence-electron chi connectivity index (χ4n) is 2.60. The first-order chi connectivity index (χ1) is 8.28. The van der Waals surface area contributed by atoms with Crippen LogP contribution in [-0.2, 0) is 6.54 Å². The van der Waals surface area contributed by atoms with Gasteiger partial charge in [0.25, 0.3) is 0 Å². The van der Waals surface area contributed by atoms with Gasteiger partial charge in [0, 0.05) is 25.0 Å². The van der Waals surface area contributed by atoms with E-state index in [4.69, 9.17) is 0 Å². The molecule has 94 valence electrons. The first-order valence-electron chi connectivity index (χ1n) is 6.56. The van der Waals surface area contributed by atoms with E-state index in [-0.39, 0.29) is 0 Å². The number of aromatic nitrogens is 1. The third-order valence-electron chi connectivity index (χ3n) is 3.47. The molecule has 1 N–H and O–H groups in total. The molecular weight excluding hydrogens is 210 g/mol. The molecule has 1 aromatic heterocycles. The number of aryl methyl sites for hydroxylation is 1. The van der Waals surface area contributed by atoms with E-state index in [1.54, 1.807) is 0 Å². The molecular formula is C14H23N3. The quantitative estimate of drug-likeness (QED) is 0.860. The summed E-state index contributed by atoms with van der Waals surface area (Å²) in [4.78, 5) is 6.91. The minimum atomic E-state index is 0.812. The van der Waals surface area contributed by atoms with Crippen molar-refractivity contribution in [2.45, 2.75) is 26.3 Å². The zero-order chi connectivity index (χ0) is 12.1. The highest BCUT2D eigenvalue weighted by Gasteiger charge is 2.19. The second-order valence-corrected chi connectivity index (χ2v) is 5.11. The van der Waals surface area contributed by atoms with E-state index >= 15 is 0 Å². The van der Waals surface area contributed by atoms with Crippen LogP contribution in [0.1, 0.15) is 24.1 Å². The highest BCUT2D eigenvalue weighted by atomic mass is 15.1. The normalized spacial score (nSPS) is 21.6. The Morgan fingerprint density at radius 2 is 2.35 bits per heavy atom. The van der Waals surface area contributed by atoms with Crippen molar-refractivity contribution in [1.29, 1.82) is 0 Å². The van der Waals surface area contributed by atoms with Crippen molar-refractivity contribution < 1.29 is 0 Å². The average molecular weight is 233 g/mol. The summed E-state index contributed by atoms with van der Waals surface area (Å²) in [6.45, 7) is 6.67. The van der Waals surface area contributed by atoms with Crippen LogP contribution in [-0.4, -0.2) is 36.6 Å². The molecule has 0 bridgehead atoms. The fraction of sp³-hybridized carbons (Fsp3) is 0.643. The predicted molar refractivity (Wildman–Crippen MR) is 70.9 cm³/mol. The van der Waals surface area contributed by atoms with Gasteiger partial charge in [-0.15, -0.1) is 0 Å². The van der Waals surface area contributed by atoms with Crippen LogP contribution in [0.2, 0.25) is 0 Å². The lowest BCUT2D eigenvalue weighted by molar-refractivity contribution is 0.166. The molecule has 0 aliphatic carbocycles. The Morgan fingerprint density at radius 3 is 3.06 bits per heavy atom. The van der Waals surface area contributed by atoms with Crippen molar-refractivity contribution in [3.63, 3.8) is 0 Å². The van der Waals surface area contributed by atoms with Crippen LogP contribution in [0.5, 0.6) is 0 Å². The summed E-state index contributed by atoms with van der Waals surface area (Å²) in [5.41, 5.74) is 2.43. The third-order valence-corrected chi connectivity index (χ3v) is 3.47. The van der Waals surface area contributed by atoms with Crippen LogP contribution >= 0.6 is 0 Å². The second kappa shape index (κ2) is 6.12. The number of nitrogens with one attached hydrogen (secondary N) is 1. The number of nitrogens with zero attached hydrogens (tertiary/aromatic N) is 2. The Morgan fingerprint density at radius 1 is 1.47 bits per heavy atom. The summed E-state index contributed by atoms with van der Waals surface area (Å²) in [7, 11) is 2.04. The van der Waals surface area contributed by atoms with Gasteiger partial charge in [-0.1, -0.05) is 6.07 Å². The SMILES string of the molecule is CNCC1CCCN(Cc2ccc(C)nc2)C1. The molecule has 2 rings (SSSR count). The van der Waals surface area contributed by atoms with Crippen molar-refractivity contribution in [3.8, 4) is 0 Å². The molecule has 2 heterocycles. The number of pyridine rings is 1. The summed E-state index contributed by atoms with van der Waals surface area (Å²) >= 11 is 0. The molecule has 0 spiro atoms. The first-order valence-corrected chi connectivity index (χ1v) is 6.56. The van der Waals surface area contributed by atoms with Crippen molar-refractivity contribution in [3.05, 3.63) is 29.6 Å². The Hall–Kier alpha value is -0.930. The molecule has 1 saturated heterocycles. The van der Waals surface area contributed by atoms with Gasteiger partial charge < -0.3 is 5.32 Å². The summed E-state index contributed by atoms with van der Waals surface area (Å²) in [6.07, 6.45) is 4.70. The molecule has 3 heteroatoms. The lowest BCUT2D eigenvalue weighted by Crippen LogP contribution is -2.38. The molecule has 1 aliphatic heterocycles. The van der Waals surface area contributed by atoms with Crippen LogP contribution in [0.3, 0.4) is 0 Å². The van der Waals surface area contributed by atoms with Crippen molar-refractivity contribution >= 4 is 0 Å². The van der Waals surface area contributed by atoms with Crippen LogP contribution in [0, 0.1) is 12.8 Å². The van der Waals surface area contributed by atoms with Crippen molar-refractivity contribution in [2.75, 3.05) is 26.7 Å². The fourth-order valence-corrected chi connectivity index (χ4v) is 2.60. The first kappa shape index (κ1) is 12.5. The van der Waals surface area contributed by atoms with E-state index in [0.29, 0.717) is 0 Å². The Labute approximate surface area is 104 Å². The Bertz CT molecular complexity index is 332.